The molecule has 0 aliphatic carbocycles. The topological polar surface area (TPSA) is 25.4 Å². The first-order valence-electron chi connectivity index (χ1n) is 4.83. The van der Waals surface area contributed by atoms with Crippen molar-refractivity contribution < 1.29 is 4.74 Å². The van der Waals surface area contributed by atoms with Crippen molar-refractivity contribution in [1.82, 2.24) is 4.98 Å². The molecule has 15 heavy (non-hydrogen) atoms. The summed E-state index contributed by atoms with van der Waals surface area (Å²) in [4.78, 5) is 6.51. The Morgan fingerprint density at radius 1 is 1.60 bits per heavy atom. The lowest BCUT2D eigenvalue weighted by molar-refractivity contribution is 0.0568. The van der Waals surface area contributed by atoms with Crippen LogP contribution in [-0.4, -0.2) is 36.1 Å². The van der Waals surface area contributed by atoms with Crippen molar-refractivity contribution >= 4 is 33.3 Å². The number of nitrogens with zero attached hydrogens (tertiary/aromatic N) is 2. The standard InChI is InChI=1S/C10H12BrClN2O/c11-5-9-7-14(3-4-15-9)10-2-1-8(12)6-13-10/h1-2,6,9H,3-5,7H2. The van der Waals surface area contributed by atoms with Crippen molar-refractivity contribution in [3.05, 3.63) is 23.4 Å². The SMILES string of the molecule is Clc1ccc(N2CCOC(CBr)C2)nc1. The summed E-state index contributed by atoms with van der Waals surface area (Å²) in [5.74, 6) is 0.966. The number of aromatic nitrogens is 1. The molecule has 1 aromatic heterocycles. The summed E-state index contributed by atoms with van der Waals surface area (Å²) in [7, 11) is 0. The predicted octanol–water partition coefficient (Wildman–Crippen LogP) is 2.34. The van der Waals surface area contributed by atoms with Gasteiger partial charge in [-0.25, -0.2) is 4.98 Å². The minimum atomic E-state index is 0.247. The fourth-order valence-corrected chi connectivity index (χ4v) is 2.08. The number of alkyl halides is 1. The van der Waals surface area contributed by atoms with Gasteiger partial charge >= 0.3 is 0 Å². The van der Waals surface area contributed by atoms with Crippen LogP contribution in [0.5, 0.6) is 0 Å². The first-order valence-corrected chi connectivity index (χ1v) is 6.33. The molecule has 0 amide bonds. The molecule has 0 bridgehead atoms. The molecule has 2 rings (SSSR count). The summed E-state index contributed by atoms with van der Waals surface area (Å²) in [6.07, 6.45) is 1.92. The number of hydrogen-bond donors (Lipinski definition) is 0. The molecule has 0 saturated carbocycles. The molecular weight excluding hydrogens is 279 g/mol. The number of pyridine rings is 1. The zero-order valence-electron chi connectivity index (χ0n) is 8.20. The highest BCUT2D eigenvalue weighted by Crippen LogP contribution is 2.17. The summed E-state index contributed by atoms with van der Waals surface area (Å²) in [6, 6.07) is 3.81. The molecule has 1 aliphatic rings. The largest absolute Gasteiger partial charge is 0.374 e. The molecule has 1 saturated heterocycles. The Kier molecular flexibility index (Phi) is 3.83. The lowest BCUT2D eigenvalue weighted by Crippen LogP contribution is -2.43. The minimum absolute atomic E-state index is 0.247. The van der Waals surface area contributed by atoms with Gasteiger partial charge in [0.05, 0.1) is 17.7 Å². The van der Waals surface area contributed by atoms with E-state index in [1.54, 1.807) is 6.20 Å². The van der Waals surface area contributed by atoms with Gasteiger partial charge in [0.15, 0.2) is 0 Å². The molecule has 2 heterocycles. The van der Waals surface area contributed by atoms with Crippen molar-refractivity contribution in [2.24, 2.45) is 0 Å². The van der Waals surface area contributed by atoms with Crippen LogP contribution in [0.4, 0.5) is 5.82 Å². The number of ether oxygens (including phenoxy) is 1. The minimum Gasteiger partial charge on any atom is -0.374 e. The molecule has 0 aromatic carbocycles. The third kappa shape index (κ3) is 2.83. The van der Waals surface area contributed by atoms with E-state index in [1.807, 2.05) is 12.1 Å². The second-order valence-electron chi connectivity index (χ2n) is 3.43. The summed E-state index contributed by atoms with van der Waals surface area (Å²) < 4.78 is 5.56. The quantitative estimate of drug-likeness (QED) is 0.782. The number of hydrogen-bond acceptors (Lipinski definition) is 3. The van der Waals surface area contributed by atoms with Gasteiger partial charge in [-0.2, -0.15) is 0 Å². The Hall–Kier alpha value is -0.320. The first-order chi connectivity index (χ1) is 7.29. The van der Waals surface area contributed by atoms with Crippen LogP contribution in [-0.2, 0) is 4.74 Å². The van der Waals surface area contributed by atoms with Crippen LogP contribution in [0.3, 0.4) is 0 Å². The molecule has 1 aliphatic heterocycles. The normalized spacial score (nSPS) is 21.7. The van der Waals surface area contributed by atoms with E-state index in [2.05, 4.69) is 25.8 Å². The zero-order valence-corrected chi connectivity index (χ0v) is 10.5. The van der Waals surface area contributed by atoms with Crippen LogP contribution < -0.4 is 4.90 Å². The third-order valence-electron chi connectivity index (χ3n) is 2.35. The van der Waals surface area contributed by atoms with E-state index in [-0.39, 0.29) is 6.10 Å². The van der Waals surface area contributed by atoms with Crippen LogP contribution in [0.2, 0.25) is 5.02 Å². The van der Waals surface area contributed by atoms with Crippen molar-refractivity contribution in [3.8, 4) is 0 Å². The highest BCUT2D eigenvalue weighted by molar-refractivity contribution is 9.09. The zero-order chi connectivity index (χ0) is 10.7. The predicted molar refractivity (Wildman–Crippen MR) is 65.0 cm³/mol. The number of anilines is 1. The average molecular weight is 292 g/mol. The maximum absolute atomic E-state index is 5.79. The van der Waals surface area contributed by atoms with Crippen molar-refractivity contribution in [1.29, 1.82) is 0 Å². The number of rotatable bonds is 2. The number of morpholine rings is 1. The van der Waals surface area contributed by atoms with Gasteiger partial charge in [0, 0.05) is 24.6 Å². The van der Waals surface area contributed by atoms with E-state index in [0.29, 0.717) is 5.02 Å². The van der Waals surface area contributed by atoms with Gasteiger partial charge in [-0.3, -0.25) is 0 Å². The highest BCUT2D eigenvalue weighted by Gasteiger charge is 2.20. The summed E-state index contributed by atoms with van der Waals surface area (Å²) in [6.45, 7) is 2.51. The lowest BCUT2D eigenvalue weighted by Gasteiger charge is -2.32. The second kappa shape index (κ2) is 5.14. The van der Waals surface area contributed by atoms with Gasteiger partial charge in [-0.05, 0) is 12.1 Å². The van der Waals surface area contributed by atoms with E-state index in [1.165, 1.54) is 0 Å². The highest BCUT2D eigenvalue weighted by atomic mass is 79.9. The molecule has 1 aromatic rings. The summed E-state index contributed by atoms with van der Waals surface area (Å²) in [5.41, 5.74) is 0. The van der Waals surface area contributed by atoms with E-state index in [4.69, 9.17) is 16.3 Å². The second-order valence-corrected chi connectivity index (χ2v) is 4.51. The summed E-state index contributed by atoms with van der Waals surface area (Å²) in [5, 5.41) is 1.53. The fraction of sp³-hybridized carbons (Fsp3) is 0.500. The maximum Gasteiger partial charge on any atom is 0.128 e. The van der Waals surface area contributed by atoms with Gasteiger partial charge in [0.1, 0.15) is 5.82 Å². The van der Waals surface area contributed by atoms with Crippen LogP contribution >= 0.6 is 27.5 Å². The lowest BCUT2D eigenvalue weighted by atomic mass is 10.3. The molecule has 1 unspecified atom stereocenters. The molecule has 82 valence electrons. The van der Waals surface area contributed by atoms with Crippen LogP contribution in [0.1, 0.15) is 0 Å². The van der Waals surface area contributed by atoms with E-state index >= 15 is 0 Å². The van der Waals surface area contributed by atoms with Crippen LogP contribution in [0.15, 0.2) is 18.3 Å². The molecular formula is C10H12BrClN2O. The fourth-order valence-electron chi connectivity index (χ4n) is 1.58. The molecule has 1 atom stereocenters. The van der Waals surface area contributed by atoms with Crippen molar-refractivity contribution in [2.45, 2.75) is 6.10 Å². The number of halogens is 2. The van der Waals surface area contributed by atoms with Crippen molar-refractivity contribution in [3.63, 3.8) is 0 Å². The Bertz CT molecular complexity index is 320. The molecule has 1 fully saturated rings. The summed E-state index contributed by atoms with van der Waals surface area (Å²) >= 11 is 9.22. The Morgan fingerprint density at radius 2 is 2.47 bits per heavy atom. The molecule has 0 radical (unpaired) electrons. The molecule has 5 heteroatoms. The Labute approximate surface area is 103 Å². The molecule has 3 nitrogen and oxygen atoms in total. The Morgan fingerprint density at radius 3 is 3.13 bits per heavy atom. The molecule has 0 N–H and O–H groups in total. The van der Waals surface area contributed by atoms with Gasteiger partial charge in [-0.15, -0.1) is 0 Å². The molecule has 0 spiro atoms. The van der Waals surface area contributed by atoms with E-state index in [0.717, 1.165) is 30.8 Å². The monoisotopic (exact) mass is 290 g/mol. The Balaban J connectivity index is 2.06. The van der Waals surface area contributed by atoms with Crippen LogP contribution in [0.25, 0.3) is 0 Å². The first kappa shape index (κ1) is 11.2. The smallest absolute Gasteiger partial charge is 0.128 e. The maximum atomic E-state index is 5.79. The van der Waals surface area contributed by atoms with E-state index in [9.17, 15) is 0 Å². The third-order valence-corrected chi connectivity index (χ3v) is 3.29. The van der Waals surface area contributed by atoms with Gasteiger partial charge in [0.2, 0.25) is 0 Å². The van der Waals surface area contributed by atoms with Crippen LogP contribution in [0, 0.1) is 0 Å². The van der Waals surface area contributed by atoms with Gasteiger partial charge in [-0.1, -0.05) is 27.5 Å². The average Bonchev–Trinajstić information content (AvgIpc) is 2.30. The van der Waals surface area contributed by atoms with Gasteiger partial charge in [0.25, 0.3) is 0 Å². The van der Waals surface area contributed by atoms with Gasteiger partial charge < -0.3 is 9.64 Å². The van der Waals surface area contributed by atoms with E-state index < -0.39 is 0 Å². The van der Waals surface area contributed by atoms with Crippen molar-refractivity contribution in [2.75, 3.05) is 29.9 Å².